The molecular formula is C26H21F3N2OS. The van der Waals surface area contributed by atoms with Crippen molar-refractivity contribution < 1.29 is 13.2 Å². The van der Waals surface area contributed by atoms with Gasteiger partial charge in [-0.3, -0.25) is 4.79 Å². The average molecular weight is 467 g/mol. The molecule has 168 valence electrons. The number of aromatic nitrogens is 1. The van der Waals surface area contributed by atoms with Crippen LogP contribution in [-0.4, -0.2) is 11.5 Å². The summed E-state index contributed by atoms with van der Waals surface area (Å²) in [7, 11) is 0. The molecule has 0 fully saturated rings. The van der Waals surface area contributed by atoms with E-state index in [1.54, 1.807) is 17.8 Å². The van der Waals surface area contributed by atoms with Gasteiger partial charge in [0.15, 0.2) is 0 Å². The van der Waals surface area contributed by atoms with E-state index in [9.17, 15) is 18.0 Å². The van der Waals surface area contributed by atoms with Crippen molar-refractivity contribution in [1.82, 2.24) is 4.98 Å². The largest absolute Gasteiger partial charge is 0.416 e. The second kappa shape index (κ2) is 8.63. The lowest BCUT2D eigenvalue weighted by Crippen LogP contribution is -2.27. The number of alkyl halides is 3. The van der Waals surface area contributed by atoms with Crippen molar-refractivity contribution in [2.45, 2.75) is 29.3 Å². The Labute approximate surface area is 193 Å². The van der Waals surface area contributed by atoms with E-state index < -0.39 is 11.7 Å². The van der Waals surface area contributed by atoms with Gasteiger partial charge in [0.05, 0.1) is 11.3 Å². The van der Waals surface area contributed by atoms with E-state index in [1.807, 2.05) is 54.6 Å². The number of hydrogen-bond acceptors (Lipinski definition) is 3. The third-order valence-electron chi connectivity index (χ3n) is 5.91. The molecule has 1 N–H and O–H groups in total. The summed E-state index contributed by atoms with van der Waals surface area (Å²) < 4.78 is 39.8. The Balaban J connectivity index is 1.47. The Morgan fingerprint density at radius 1 is 0.970 bits per heavy atom. The molecule has 0 saturated heterocycles. The van der Waals surface area contributed by atoms with Crippen molar-refractivity contribution in [3.8, 4) is 0 Å². The number of anilines is 1. The minimum absolute atomic E-state index is 0.117. The molecule has 1 aliphatic rings. The molecule has 0 saturated carbocycles. The highest BCUT2D eigenvalue weighted by Crippen LogP contribution is 2.46. The second-order valence-corrected chi connectivity index (χ2v) is 9.36. The van der Waals surface area contributed by atoms with Crippen molar-refractivity contribution in [2.75, 3.05) is 11.4 Å². The van der Waals surface area contributed by atoms with Crippen molar-refractivity contribution >= 4 is 28.4 Å². The van der Waals surface area contributed by atoms with Gasteiger partial charge >= 0.3 is 6.18 Å². The van der Waals surface area contributed by atoms with Crippen LogP contribution in [0.4, 0.5) is 18.9 Å². The van der Waals surface area contributed by atoms with Gasteiger partial charge in [-0.25, -0.2) is 0 Å². The predicted octanol–water partition coefficient (Wildman–Crippen LogP) is 6.79. The smallest absolute Gasteiger partial charge is 0.366 e. The number of H-pyrrole nitrogens is 1. The maximum absolute atomic E-state index is 13.3. The molecule has 1 aliphatic heterocycles. The zero-order valence-corrected chi connectivity index (χ0v) is 18.4. The molecule has 2 heterocycles. The van der Waals surface area contributed by atoms with Crippen LogP contribution in [0.1, 0.15) is 28.4 Å². The average Bonchev–Trinajstić information content (AvgIpc) is 2.99. The molecule has 5 rings (SSSR count). The Morgan fingerprint density at radius 2 is 1.76 bits per heavy atom. The number of rotatable bonds is 3. The molecule has 0 spiro atoms. The third-order valence-corrected chi connectivity index (χ3v) is 7.31. The number of pyridine rings is 1. The van der Waals surface area contributed by atoms with Crippen LogP contribution in [0.2, 0.25) is 0 Å². The summed E-state index contributed by atoms with van der Waals surface area (Å²) >= 11 is 1.58. The number of hydrogen-bond donors (Lipinski definition) is 1. The van der Waals surface area contributed by atoms with Crippen LogP contribution < -0.4 is 10.5 Å². The maximum atomic E-state index is 13.3. The van der Waals surface area contributed by atoms with Crippen LogP contribution in [0.5, 0.6) is 0 Å². The van der Waals surface area contributed by atoms with E-state index in [2.05, 4.69) is 9.88 Å². The summed E-state index contributed by atoms with van der Waals surface area (Å²) in [6.45, 7) is 1.05. The molecule has 3 nitrogen and oxygen atoms in total. The third kappa shape index (κ3) is 4.50. The van der Waals surface area contributed by atoms with Gasteiger partial charge in [0.2, 0.25) is 0 Å². The summed E-state index contributed by atoms with van der Waals surface area (Å²) in [5.41, 5.74) is 2.35. The van der Waals surface area contributed by atoms with Crippen LogP contribution in [0.15, 0.2) is 88.6 Å². The molecule has 0 aliphatic carbocycles. The van der Waals surface area contributed by atoms with Crippen LogP contribution in [0.3, 0.4) is 0 Å². The van der Waals surface area contributed by atoms with Gasteiger partial charge in [-0.15, -0.1) is 11.8 Å². The van der Waals surface area contributed by atoms with Gasteiger partial charge in [-0.1, -0.05) is 48.5 Å². The molecule has 4 aromatic rings. The first kappa shape index (κ1) is 21.6. The Kier molecular flexibility index (Phi) is 5.66. The first-order chi connectivity index (χ1) is 15.9. The van der Waals surface area contributed by atoms with E-state index in [4.69, 9.17) is 0 Å². The number of fused-ring (bicyclic) bond motifs is 2. The second-order valence-electron chi connectivity index (χ2n) is 8.12. The van der Waals surface area contributed by atoms with Gasteiger partial charge in [0.25, 0.3) is 5.56 Å². The van der Waals surface area contributed by atoms with E-state index in [1.165, 1.54) is 12.1 Å². The van der Waals surface area contributed by atoms with Crippen LogP contribution in [-0.2, 0) is 12.7 Å². The number of benzene rings is 3. The van der Waals surface area contributed by atoms with Crippen LogP contribution in [0, 0.1) is 0 Å². The van der Waals surface area contributed by atoms with E-state index in [0.29, 0.717) is 30.6 Å². The maximum Gasteiger partial charge on any atom is 0.416 e. The lowest BCUT2D eigenvalue weighted by atomic mass is 10.0. The van der Waals surface area contributed by atoms with Crippen LogP contribution >= 0.6 is 11.8 Å². The normalized spacial score (nSPS) is 16.5. The highest BCUT2D eigenvalue weighted by Gasteiger charge is 2.32. The minimum atomic E-state index is -4.37. The molecule has 7 heteroatoms. The topological polar surface area (TPSA) is 36.1 Å². The summed E-state index contributed by atoms with van der Waals surface area (Å²) in [6.07, 6.45) is -3.71. The fraction of sp³-hybridized carbons (Fsp3) is 0.192. The summed E-state index contributed by atoms with van der Waals surface area (Å²) in [4.78, 5) is 18.8. The number of para-hydroxylation sites is 2. The molecule has 1 aromatic heterocycles. The summed E-state index contributed by atoms with van der Waals surface area (Å²) in [5.74, 6) is 0. The van der Waals surface area contributed by atoms with Crippen molar-refractivity contribution in [2.24, 2.45) is 0 Å². The number of nitrogens with zero attached hydrogens (tertiary/aromatic N) is 1. The fourth-order valence-corrected chi connectivity index (χ4v) is 5.54. The molecule has 0 amide bonds. The monoisotopic (exact) mass is 466 g/mol. The SMILES string of the molecule is O=c1[nH]c2ccccc2cc1CN1CCC(c2cccc(C(F)(F)F)c2)Sc2ccccc21. The first-order valence-electron chi connectivity index (χ1n) is 10.7. The van der Waals surface area contributed by atoms with Gasteiger partial charge in [-0.2, -0.15) is 13.2 Å². The molecule has 33 heavy (non-hydrogen) atoms. The molecular weight excluding hydrogens is 445 g/mol. The van der Waals surface area contributed by atoms with E-state index >= 15 is 0 Å². The number of halogens is 3. The van der Waals surface area contributed by atoms with E-state index in [0.717, 1.165) is 27.6 Å². The zero-order valence-electron chi connectivity index (χ0n) is 17.6. The molecule has 1 atom stereocenters. The first-order valence-corrected chi connectivity index (χ1v) is 11.6. The Hall–Kier alpha value is -3.19. The highest BCUT2D eigenvalue weighted by atomic mass is 32.2. The standard InChI is InChI=1S/C26H21F3N2OS/c27-26(28,29)20-8-5-7-18(15-20)23-12-13-31(22-10-3-4-11-24(22)33-23)16-19-14-17-6-1-2-9-21(17)30-25(19)32/h1-11,14-15,23H,12-13,16H2,(H,30,32). The lowest BCUT2D eigenvalue weighted by molar-refractivity contribution is -0.137. The number of aromatic amines is 1. The molecule has 0 bridgehead atoms. The van der Waals surface area contributed by atoms with Crippen molar-refractivity contribution in [1.29, 1.82) is 0 Å². The van der Waals surface area contributed by atoms with Crippen molar-refractivity contribution in [3.63, 3.8) is 0 Å². The number of thioether (sulfide) groups is 1. The van der Waals surface area contributed by atoms with Crippen molar-refractivity contribution in [3.05, 3.63) is 106 Å². The quantitative estimate of drug-likeness (QED) is 0.361. The van der Waals surface area contributed by atoms with Crippen LogP contribution in [0.25, 0.3) is 10.9 Å². The van der Waals surface area contributed by atoms with Gasteiger partial charge in [-0.05, 0) is 47.7 Å². The minimum Gasteiger partial charge on any atom is -0.366 e. The number of nitrogens with one attached hydrogen (secondary N) is 1. The Bertz CT molecular complexity index is 1370. The zero-order chi connectivity index (χ0) is 23.0. The summed E-state index contributed by atoms with van der Waals surface area (Å²) in [5, 5.41) is 0.847. The summed E-state index contributed by atoms with van der Waals surface area (Å²) in [6, 6.07) is 23.0. The molecule has 0 radical (unpaired) electrons. The molecule has 3 aromatic carbocycles. The van der Waals surface area contributed by atoms with Gasteiger partial charge < -0.3 is 9.88 Å². The van der Waals surface area contributed by atoms with Gasteiger partial charge in [0.1, 0.15) is 0 Å². The van der Waals surface area contributed by atoms with Gasteiger partial charge in [0, 0.05) is 34.3 Å². The fourth-order valence-electron chi connectivity index (χ4n) is 4.25. The van der Waals surface area contributed by atoms with E-state index in [-0.39, 0.29) is 10.8 Å². The highest BCUT2D eigenvalue weighted by molar-refractivity contribution is 7.99. The lowest BCUT2D eigenvalue weighted by Gasteiger charge is -2.24. The Morgan fingerprint density at radius 3 is 2.61 bits per heavy atom. The molecule has 1 unspecified atom stereocenters. The predicted molar refractivity (Wildman–Crippen MR) is 127 cm³/mol.